The van der Waals surface area contributed by atoms with Crippen molar-refractivity contribution in [3.63, 3.8) is 0 Å². The van der Waals surface area contributed by atoms with Gasteiger partial charge in [-0.05, 0) is 38.3 Å². The SMILES string of the molecule is Cc1ccccc1CC(=O)NCCC(C)(C)C(=O)O. The number of amides is 1. The average molecular weight is 263 g/mol. The third kappa shape index (κ3) is 4.73. The summed E-state index contributed by atoms with van der Waals surface area (Å²) in [4.78, 5) is 22.7. The van der Waals surface area contributed by atoms with Gasteiger partial charge in [0.15, 0.2) is 0 Å². The molecule has 1 aromatic rings. The Kier molecular flexibility index (Phi) is 5.10. The van der Waals surface area contributed by atoms with Gasteiger partial charge in [-0.3, -0.25) is 9.59 Å². The number of carbonyl (C=O) groups excluding carboxylic acids is 1. The van der Waals surface area contributed by atoms with Crippen LogP contribution < -0.4 is 5.32 Å². The lowest BCUT2D eigenvalue weighted by Gasteiger charge is -2.19. The normalized spacial score (nSPS) is 11.1. The molecule has 1 rings (SSSR count). The Labute approximate surface area is 113 Å². The van der Waals surface area contributed by atoms with E-state index < -0.39 is 11.4 Å². The minimum absolute atomic E-state index is 0.0736. The first-order chi connectivity index (χ1) is 8.83. The highest BCUT2D eigenvalue weighted by Crippen LogP contribution is 2.19. The first-order valence-electron chi connectivity index (χ1n) is 6.37. The van der Waals surface area contributed by atoms with Crippen molar-refractivity contribution in [2.45, 2.75) is 33.6 Å². The summed E-state index contributed by atoms with van der Waals surface area (Å²) in [5.74, 6) is -0.920. The minimum atomic E-state index is -0.847. The zero-order chi connectivity index (χ0) is 14.5. The summed E-state index contributed by atoms with van der Waals surface area (Å²) in [6, 6.07) is 7.74. The monoisotopic (exact) mass is 263 g/mol. The third-order valence-corrected chi connectivity index (χ3v) is 3.26. The molecule has 0 aromatic heterocycles. The maximum absolute atomic E-state index is 11.8. The number of carboxylic acids is 1. The largest absolute Gasteiger partial charge is 0.481 e. The molecule has 4 nitrogen and oxygen atoms in total. The summed E-state index contributed by atoms with van der Waals surface area (Å²) >= 11 is 0. The van der Waals surface area contributed by atoms with E-state index in [1.54, 1.807) is 13.8 Å². The fourth-order valence-electron chi connectivity index (χ4n) is 1.67. The van der Waals surface area contributed by atoms with E-state index in [2.05, 4.69) is 5.32 Å². The first-order valence-corrected chi connectivity index (χ1v) is 6.37. The van der Waals surface area contributed by atoms with Gasteiger partial charge in [-0.15, -0.1) is 0 Å². The number of hydrogen-bond donors (Lipinski definition) is 2. The molecule has 1 aromatic carbocycles. The molecule has 0 bridgehead atoms. The van der Waals surface area contributed by atoms with E-state index in [9.17, 15) is 9.59 Å². The molecule has 19 heavy (non-hydrogen) atoms. The molecule has 104 valence electrons. The second kappa shape index (κ2) is 6.36. The number of aliphatic carboxylic acids is 1. The van der Waals surface area contributed by atoms with Gasteiger partial charge in [0.05, 0.1) is 11.8 Å². The highest BCUT2D eigenvalue weighted by Gasteiger charge is 2.26. The molecule has 0 saturated carbocycles. The maximum atomic E-state index is 11.8. The van der Waals surface area contributed by atoms with Gasteiger partial charge in [0.25, 0.3) is 0 Å². The third-order valence-electron chi connectivity index (χ3n) is 3.26. The Morgan fingerprint density at radius 3 is 2.47 bits per heavy atom. The van der Waals surface area contributed by atoms with Crippen molar-refractivity contribution in [1.82, 2.24) is 5.32 Å². The van der Waals surface area contributed by atoms with Crippen LogP contribution in [-0.2, 0) is 16.0 Å². The van der Waals surface area contributed by atoms with Crippen LogP contribution in [0.3, 0.4) is 0 Å². The number of aryl methyl sites for hydroxylation is 1. The summed E-state index contributed by atoms with van der Waals surface area (Å²) in [7, 11) is 0. The molecule has 1 amide bonds. The fraction of sp³-hybridized carbons (Fsp3) is 0.467. The number of benzene rings is 1. The molecule has 0 aliphatic heterocycles. The average Bonchev–Trinajstić information content (AvgIpc) is 2.31. The number of rotatable bonds is 6. The van der Waals surface area contributed by atoms with Crippen LogP contribution in [-0.4, -0.2) is 23.5 Å². The lowest BCUT2D eigenvalue weighted by molar-refractivity contribution is -0.147. The van der Waals surface area contributed by atoms with E-state index >= 15 is 0 Å². The topological polar surface area (TPSA) is 66.4 Å². The molecule has 0 aliphatic rings. The van der Waals surface area contributed by atoms with Crippen LogP contribution >= 0.6 is 0 Å². The van der Waals surface area contributed by atoms with Crippen LogP contribution in [0.1, 0.15) is 31.4 Å². The Morgan fingerprint density at radius 2 is 1.89 bits per heavy atom. The van der Waals surface area contributed by atoms with Crippen molar-refractivity contribution in [3.8, 4) is 0 Å². The predicted molar refractivity (Wildman–Crippen MR) is 73.9 cm³/mol. The number of hydrogen-bond acceptors (Lipinski definition) is 2. The molecule has 0 radical (unpaired) electrons. The van der Waals surface area contributed by atoms with Crippen LogP contribution in [0.4, 0.5) is 0 Å². The fourth-order valence-corrected chi connectivity index (χ4v) is 1.67. The molecule has 0 unspecified atom stereocenters. The molecule has 0 atom stereocenters. The van der Waals surface area contributed by atoms with Crippen LogP contribution in [0.2, 0.25) is 0 Å². The van der Waals surface area contributed by atoms with Crippen LogP contribution in [0.5, 0.6) is 0 Å². The van der Waals surface area contributed by atoms with Gasteiger partial charge in [0, 0.05) is 6.54 Å². The number of carbonyl (C=O) groups is 2. The highest BCUT2D eigenvalue weighted by molar-refractivity contribution is 5.79. The summed E-state index contributed by atoms with van der Waals surface area (Å²) < 4.78 is 0. The molecule has 0 aliphatic carbocycles. The van der Waals surface area contributed by atoms with E-state index in [-0.39, 0.29) is 5.91 Å². The molecule has 0 heterocycles. The van der Waals surface area contributed by atoms with Gasteiger partial charge in [-0.25, -0.2) is 0 Å². The molecular formula is C15H21NO3. The first kappa shape index (κ1) is 15.2. The molecule has 0 fully saturated rings. The smallest absolute Gasteiger partial charge is 0.309 e. The van der Waals surface area contributed by atoms with E-state index in [1.807, 2.05) is 31.2 Å². The Bertz CT molecular complexity index is 466. The Morgan fingerprint density at radius 1 is 1.26 bits per heavy atom. The minimum Gasteiger partial charge on any atom is -0.481 e. The van der Waals surface area contributed by atoms with Gasteiger partial charge >= 0.3 is 5.97 Å². The van der Waals surface area contributed by atoms with Gasteiger partial charge in [0.1, 0.15) is 0 Å². The Hall–Kier alpha value is -1.84. The zero-order valence-corrected chi connectivity index (χ0v) is 11.7. The highest BCUT2D eigenvalue weighted by atomic mass is 16.4. The number of nitrogens with one attached hydrogen (secondary N) is 1. The van der Waals surface area contributed by atoms with Crippen molar-refractivity contribution in [1.29, 1.82) is 0 Å². The summed E-state index contributed by atoms with van der Waals surface area (Å²) in [6.45, 7) is 5.66. The Balaban J connectivity index is 2.41. The van der Waals surface area contributed by atoms with Crippen LogP contribution in [0.25, 0.3) is 0 Å². The van der Waals surface area contributed by atoms with E-state index in [0.29, 0.717) is 19.4 Å². The van der Waals surface area contributed by atoms with E-state index in [0.717, 1.165) is 11.1 Å². The quantitative estimate of drug-likeness (QED) is 0.826. The summed E-state index contributed by atoms with van der Waals surface area (Å²) in [6.07, 6.45) is 0.752. The van der Waals surface area contributed by atoms with Crippen molar-refractivity contribution < 1.29 is 14.7 Å². The molecule has 4 heteroatoms. The van der Waals surface area contributed by atoms with Gasteiger partial charge in [-0.1, -0.05) is 24.3 Å². The lowest BCUT2D eigenvalue weighted by atomic mass is 9.90. The second-order valence-corrected chi connectivity index (χ2v) is 5.39. The lowest BCUT2D eigenvalue weighted by Crippen LogP contribution is -2.32. The second-order valence-electron chi connectivity index (χ2n) is 5.39. The molecular weight excluding hydrogens is 242 g/mol. The van der Waals surface area contributed by atoms with E-state index in [1.165, 1.54) is 0 Å². The van der Waals surface area contributed by atoms with E-state index in [4.69, 9.17) is 5.11 Å². The van der Waals surface area contributed by atoms with Gasteiger partial charge in [-0.2, -0.15) is 0 Å². The number of carboxylic acid groups (broad SMARTS) is 1. The molecule has 0 saturated heterocycles. The summed E-state index contributed by atoms with van der Waals surface area (Å²) in [5, 5.41) is 11.7. The van der Waals surface area contributed by atoms with Crippen LogP contribution in [0.15, 0.2) is 24.3 Å². The van der Waals surface area contributed by atoms with Crippen LogP contribution in [0, 0.1) is 12.3 Å². The standard InChI is InChI=1S/C15H21NO3/c1-11-6-4-5-7-12(11)10-13(17)16-9-8-15(2,3)14(18)19/h4-7H,8-10H2,1-3H3,(H,16,17)(H,18,19). The van der Waals surface area contributed by atoms with Crippen molar-refractivity contribution in [2.75, 3.05) is 6.54 Å². The zero-order valence-electron chi connectivity index (χ0n) is 11.7. The van der Waals surface area contributed by atoms with Gasteiger partial charge in [0.2, 0.25) is 5.91 Å². The maximum Gasteiger partial charge on any atom is 0.309 e. The van der Waals surface area contributed by atoms with Crippen molar-refractivity contribution in [3.05, 3.63) is 35.4 Å². The molecule has 2 N–H and O–H groups in total. The van der Waals surface area contributed by atoms with Crippen molar-refractivity contribution in [2.24, 2.45) is 5.41 Å². The molecule has 0 spiro atoms. The summed E-state index contributed by atoms with van der Waals surface area (Å²) in [5.41, 5.74) is 1.27. The predicted octanol–water partition coefficient (Wildman–Crippen LogP) is 2.15. The van der Waals surface area contributed by atoms with Crippen molar-refractivity contribution >= 4 is 11.9 Å². The van der Waals surface area contributed by atoms with Gasteiger partial charge < -0.3 is 10.4 Å².